The molecule has 0 aliphatic heterocycles. The number of allylic oxidation sites excluding steroid dienone is 3. The van der Waals surface area contributed by atoms with Crippen molar-refractivity contribution >= 4 is 0 Å². The molecule has 0 aromatic heterocycles. The highest BCUT2D eigenvalue weighted by Crippen LogP contribution is 2.19. The second-order valence-corrected chi connectivity index (χ2v) is 3.73. The molecular formula is C14H16O2. The van der Waals surface area contributed by atoms with Crippen molar-refractivity contribution in [1.29, 1.82) is 0 Å². The molecular weight excluding hydrogens is 200 g/mol. The van der Waals surface area contributed by atoms with Gasteiger partial charge in [-0.2, -0.15) is 0 Å². The highest BCUT2D eigenvalue weighted by Gasteiger charge is 2.06. The summed E-state index contributed by atoms with van der Waals surface area (Å²) in [5, 5.41) is 0. The molecule has 0 bridgehead atoms. The zero-order valence-electron chi connectivity index (χ0n) is 9.48. The van der Waals surface area contributed by atoms with Gasteiger partial charge in [-0.1, -0.05) is 30.3 Å². The van der Waals surface area contributed by atoms with Crippen molar-refractivity contribution in [3.63, 3.8) is 0 Å². The van der Waals surface area contributed by atoms with Gasteiger partial charge in [-0.25, -0.2) is 0 Å². The molecule has 84 valence electrons. The van der Waals surface area contributed by atoms with Gasteiger partial charge < -0.3 is 9.47 Å². The van der Waals surface area contributed by atoms with Crippen LogP contribution >= 0.6 is 0 Å². The summed E-state index contributed by atoms with van der Waals surface area (Å²) in [6, 6.07) is 10.2. The summed E-state index contributed by atoms with van der Waals surface area (Å²) in [6.07, 6.45) is 6.02. The average molecular weight is 216 g/mol. The van der Waals surface area contributed by atoms with Crippen molar-refractivity contribution in [3.05, 3.63) is 59.6 Å². The van der Waals surface area contributed by atoms with Crippen molar-refractivity contribution in [2.75, 3.05) is 7.11 Å². The molecule has 1 aromatic rings. The summed E-state index contributed by atoms with van der Waals surface area (Å²) in [5.41, 5.74) is 1.18. The van der Waals surface area contributed by atoms with E-state index in [1.54, 1.807) is 7.11 Å². The smallest absolute Gasteiger partial charge is 0.119 e. The Balaban J connectivity index is 1.91. The topological polar surface area (TPSA) is 18.5 Å². The van der Waals surface area contributed by atoms with Gasteiger partial charge in [0.25, 0.3) is 0 Å². The molecule has 0 fully saturated rings. The van der Waals surface area contributed by atoms with E-state index in [1.165, 1.54) is 5.56 Å². The summed E-state index contributed by atoms with van der Waals surface area (Å²) < 4.78 is 10.9. The average Bonchev–Trinajstić information content (AvgIpc) is 2.38. The predicted molar refractivity (Wildman–Crippen MR) is 63.6 cm³/mol. The Morgan fingerprint density at radius 3 is 2.75 bits per heavy atom. The molecule has 2 heteroatoms. The lowest BCUT2D eigenvalue weighted by molar-refractivity contribution is 0.200. The molecule has 1 aromatic carbocycles. The van der Waals surface area contributed by atoms with Crippen LogP contribution in [0.4, 0.5) is 0 Å². The SMILES string of the molecule is COC1=CC(OCc2ccccc2)=CCC1. The highest BCUT2D eigenvalue weighted by atomic mass is 16.5. The number of hydrogen-bond acceptors (Lipinski definition) is 2. The van der Waals surface area contributed by atoms with Gasteiger partial charge >= 0.3 is 0 Å². The zero-order chi connectivity index (χ0) is 11.2. The lowest BCUT2D eigenvalue weighted by atomic mass is 10.1. The van der Waals surface area contributed by atoms with E-state index >= 15 is 0 Å². The third-order valence-electron chi connectivity index (χ3n) is 2.55. The maximum absolute atomic E-state index is 5.71. The van der Waals surface area contributed by atoms with Gasteiger partial charge in [-0.3, -0.25) is 0 Å². The van der Waals surface area contributed by atoms with Crippen molar-refractivity contribution < 1.29 is 9.47 Å². The molecule has 0 atom stereocenters. The molecule has 1 aliphatic carbocycles. The number of methoxy groups -OCH3 is 1. The monoisotopic (exact) mass is 216 g/mol. The van der Waals surface area contributed by atoms with E-state index in [9.17, 15) is 0 Å². The second-order valence-electron chi connectivity index (χ2n) is 3.73. The van der Waals surface area contributed by atoms with E-state index in [-0.39, 0.29) is 0 Å². The molecule has 2 rings (SSSR count). The number of rotatable bonds is 4. The summed E-state index contributed by atoms with van der Waals surface area (Å²) in [4.78, 5) is 0. The van der Waals surface area contributed by atoms with Crippen LogP contribution in [0.1, 0.15) is 18.4 Å². The summed E-state index contributed by atoms with van der Waals surface area (Å²) in [7, 11) is 1.70. The van der Waals surface area contributed by atoms with Gasteiger partial charge in [0, 0.05) is 12.5 Å². The Kier molecular flexibility index (Phi) is 3.65. The van der Waals surface area contributed by atoms with Crippen LogP contribution in [0.25, 0.3) is 0 Å². The van der Waals surface area contributed by atoms with Crippen LogP contribution in [0.2, 0.25) is 0 Å². The first-order valence-electron chi connectivity index (χ1n) is 5.50. The van der Waals surface area contributed by atoms with Crippen molar-refractivity contribution in [3.8, 4) is 0 Å². The maximum Gasteiger partial charge on any atom is 0.119 e. The minimum atomic E-state index is 0.611. The summed E-state index contributed by atoms with van der Waals surface area (Å²) >= 11 is 0. The Hall–Kier alpha value is -1.70. The van der Waals surface area contributed by atoms with Gasteiger partial charge in [-0.15, -0.1) is 0 Å². The van der Waals surface area contributed by atoms with Crippen LogP contribution in [-0.2, 0) is 16.1 Å². The number of hydrogen-bond donors (Lipinski definition) is 0. The molecule has 0 amide bonds. The van der Waals surface area contributed by atoms with Crippen LogP contribution in [-0.4, -0.2) is 7.11 Å². The lowest BCUT2D eigenvalue weighted by Crippen LogP contribution is -1.98. The van der Waals surface area contributed by atoms with E-state index in [0.717, 1.165) is 24.4 Å². The molecule has 2 nitrogen and oxygen atoms in total. The molecule has 0 unspecified atom stereocenters. The van der Waals surface area contributed by atoms with Gasteiger partial charge in [0.05, 0.1) is 12.9 Å². The van der Waals surface area contributed by atoms with E-state index in [2.05, 4.69) is 18.2 Å². The predicted octanol–water partition coefficient (Wildman–Crippen LogP) is 3.41. The third kappa shape index (κ3) is 2.89. The summed E-state index contributed by atoms with van der Waals surface area (Å²) in [5.74, 6) is 1.90. The Morgan fingerprint density at radius 1 is 1.19 bits per heavy atom. The van der Waals surface area contributed by atoms with E-state index in [0.29, 0.717) is 6.61 Å². The third-order valence-corrected chi connectivity index (χ3v) is 2.55. The van der Waals surface area contributed by atoms with Gasteiger partial charge in [0.2, 0.25) is 0 Å². The minimum Gasteiger partial charge on any atom is -0.501 e. The molecule has 0 N–H and O–H groups in total. The Bertz CT molecular complexity index is 390. The standard InChI is InChI=1S/C14H16O2/c1-15-13-8-5-9-14(10-13)16-11-12-6-3-2-4-7-12/h2-4,6-7,9-10H,5,8,11H2,1H3. The number of benzene rings is 1. The highest BCUT2D eigenvalue weighted by molar-refractivity contribution is 5.21. The van der Waals surface area contributed by atoms with Crippen LogP contribution < -0.4 is 0 Å². The lowest BCUT2D eigenvalue weighted by Gasteiger charge is -2.13. The van der Waals surface area contributed by atoms with Crippen molar-refractivity contribution in [2.45, 2.75) is 19.4 Å². The molecule has 16 heavy (non-hydrogen) atoms. The van der Waals surface area contributed by atoms with Crippen LogP contribution in [0.15, 0.2) is 54.0 Å². The van der Waals surface area contributed by atoms with Crippen LogP contribution in [0.5, 0.6) is 0 Å². The molecule has 0 saturated carbocycles. The van der Waals surface area contributed by atoms with E-state index in [4.69, 9.17) is 9.47 Å². The molecule has 0 heterocycles. The maximum atomic E-state index is 5.71. The van der Waals surface area contributed by atoms with Gasteiger partial charge in [0.1, 0.15) is 12.4 Å². The number of ether oxygens (including phenoxy) is 2. The van der Waals surface area contributed by atoms with E-state index < -0.39 is 0 Å². The largest absolute Gasteiger partial charge is 0.501 e. The first-order valence-corrected chi connectivity index (χ1v) is 5.50. The van der Waals surface area contributed by atoms with Crippen molar-refractivity contribution in [2.24, 2.45) is 0 Å². The molecule has 0 radical (unpaired) electrons. The Morgan fingerprint density at radius 2 is 2.00 bits per heavy atom. The minimum absolute atomic E-state index is 0.611. The van der Waals surface area contributed by atoms with Crippen LogP contribution in [0.3, 0.4) is 0 Å². The van der Waals surface area contributed by atoms with E-state index in [1.807, 2.05) is 24.3 Å². The fourth-order valence-corrected chi connectivity index (χ4v) is 1.65. The van der Waals surface area contributed by atoms with Crippen molar-refractivity contribution in [1.82, 2.24) is 0 Å². The molecule has 1 aliphatic rings. The quantitative estimate of drug-likeness (QED) is 0.767. The summed E-state index contributed by atoms with van der Waals surface area (Å²) in [6.45, 7) is 0.611. The first kappa shape index (κ1) is 10.8. The first-order chi connectivity index (χ1) is 7.88. The Labute approximate surface area is 96.2 Å². The molecule has 0 spiro atoms. The van der Waals surface area contributed by atoms with Crippen LogP contribution in [0, 0.1) is 0 Å². The van der Waals surface area contributed by atoms with Gasteiger partial charge in [0.15, 0.2) is 0 Å². The van der Waals surface area contributed by atoms with Gasteiger partial charge in [-0.05, 0) is 18.1 Å². The normalized spacial score (nSPS) is 15.1. The second kappa shape index (κ2) is 5.40. The zero-order valence-corrected chi connectivity index (χ0v) is 9.48. The molecule has 0 saturated heterocycles. The fourth-order valence-electron chi connectivity index (χ4n) is 1.65. The fraction of sp³-hybridized carbons (Fsp3) is 0.286.